The van der Waals surface area contributed by atoms with Crippen LogP contribution in [-0.2, 0) is 11.3 Å². The Labute approximate surface area is 130 Å². The van der Waals surface area contributed by atoms with Crippen molar-refractivity contribution in [2.45, 2.75) is 20.4 Å². The van der Waals surface area contributed by atoms with E-state index in [1.807, 2.05) is 49.4 Å². The van der Waals surface area contributed by atoms with Gasteiger partial charge in [-0.3, -0.25) is 0 Å². The number of hydrogen-bond donors (Lipinski definition) is 1. The predicted octanol–water partition coefficient (Wildman–Crippen LogP) is 3.38. The van der Waals surface area contributed by atoms with Gasteiger partial charge in [0.25, 0.3) is 0 Å². The average molecular weight is 296 g/mol. The molecular weight excluding hydrogens is 276 g/mol. The van der Waals surface area contributed by atoms with Gasteiger partial charge in [-0.1, -0.05) is 42.5 Å². The van der Waals surface area contributed by atoms with E-state index < -0.39 is 0 Å². The Hall–Kier alpha value is -2.62. The number of carbonyl (C=O) groups excluding carboxylic acids is 1. The molecule has 0 aliphatic rings. The minimum absolute atomic E-state index is 0.300. The van der Waals surface area contributed by atoms with Crippen LogP contribution >= 0.6 is 0 Å². The van der Waals surface area contributed by atoms with Crippen LogP contribution in [0.3, 0.4) is 0 Å². The van der Waals surface area contributed by atoms with E-state index in [0.29, 0.717) is 18.7 Å². The molecular formula is C18H20N2O2. The molecule has 0 fully saturated rings. The van der Waals surface area contributed by atoms with Gasteiger partial charge in [0.2, 0.25) is 0 Å². The Balaban J connectivity index is 1.95. The fraction of sp³-hybridized carbons (Fsp3) is 0.222. The molecule has 0 aromatic heterocycles. The van der Waals surface area contributed by atoms with Gasteiger partial charge in [-0.25, -0.2) is 4.79 Å². The van der Waals surface area contributed by atoms with E-state index in [2.05, 4.69) is 10.5 Å². The first-order chi connectivity index (χ1) is 10.7. The van der Waals surface area contributed by atoms with Crippen LogP contribution in [0.1, 0.15) is 35.3 Å². The van der Waals surface area contributed by atoms with E-state index in [4.69, 9.17) is 4.74 Å². The maximum Gasteiger partial charge on any atom is 0.338 e. The molecule has 22 heavy (non-hydrogen) atoms. The van der Waals surface area contributed by atoms with Crippen LogP contribution < -0.4 is 5.43 Å². The molecule has 0 unspecified atom stereocenters. The predicted molar refractivity (Wildman–Crippen MR) is 87.9 cm³/mol. The van der Waals surface area contributed by atoms with Gasteiger partial charge in [0.1, 0.15) is 0 Å². The summed E-state index contributed by atoms with van der Waals surface area (Å²) in [4.78, 5) is 11.6. The standard InChI is InChI=1S/C18H20N2O2/c1-3-22-18(21)17-11-9-16(10-12-17)14(2)20-19-13-15-7-5-4-6-8-15/h4-12,19H,3,13H2,1-2H3. The molecule has 1 N–H and O–H groups in total. The molecule has 0 radical (unpaired) electrons. The zero-order valence-corrected chi connectivity index (χ0v) is 12.9. The summed E-state index contributed by atoms with van der Waals surface area (Å²) in [6.07, 6.45) is 0. The number of rotatable bonds is 6. The van der Waals surface area contributed by atoms with Crippen molar-refractivity contribution in [3.05, 3.63) is 71.3 Å². The molecule has 0 heterocycles. The Morgan fingerprint density at radius 2 is 1.68 bits per heavy atom. The van der Waals surface area contributed by atoms with Crippen molar-refractivity contribution in [3.8, 4) is 0 Å². The van der Waals surface area contributed by atoms with Crippen molar-refractivity contribution in [1.82, 2.24) is 5.43 Å². The largest absolute Gasteiger partial charge is 0.462 e. The number of benzene rings is 2. The summed E-state index contributed by atoms with van der Waals surface area (Å²) >= 11 is 0. The highest BCUT2D eigenvalue weighted by molar-refractivity contribution is 5.99. The third-order valence-corrected chi connectivity index (χ3v) is 3.19. The number of esters is 1. The van der Waals surface area contributed by atoms with Crippen LogP contribution in [0.15, 0.2) is 59.7 Å². The van der Waals surface area contributed by atoms with Crippen molar-refractivity contribution in [3.63, 3.8) is 0 Å². The zero-order valence-electron chi connectivity index (χ0n) is 12.9. The third kappa shape index (κ3) is 4.45. The van der Waals surface area contributed by atoms with E-state index in [0.717, 1.165) is 11.3 Å². The number of ether oxygens (including phenoxy) is 1. The van der Waals surface area contributed by atoms with Gasteiger partial charge in [-0.2, -0.15) is 5.10 Å². The second kappa shape index (κ2) is 7.98. The summed E-state index contributed by atoms with van der Waals surface area (Å²) in [6.45, 7) is 4.78. The quantitative estimate of drug-likeness (QED) is 0.505. The molecule has 0 aliphatic heterocycles. The van der Waals surface area contributed by atoms with Gasteiger partial charge in [0.15, 0.2) is 0 Å². The SMILES string of the molecule is CCOC(=O)c1ccc(C(C)=NNCc2ccccc2)cc1. The summed E-state index contributed by atoms with van der Waals surface area (Å²) in [5, 5.41) is 4.35. The van der Waals surface area contributed by atoms with Gasteiger partial charge in [-0.05, 0) is 37.1 Å². The second-order valence-corrected chi connectivity index (χ2v) is 4.82. The number of hydrazone groups is 1. The van der Waals surface area contributed by atoms with Gasteiger partial charge < -0.3 is 10.2 Å². The monoisotopic (exact) mass is 296 g/mol. The van der Waals surface area contributed by atoms with Crippen LogP contribution in [-0.4, -0.2) is 18.3 Å². The van der Waals surface area contributed by atoms with Crippen LogP contribution in [0.2, 0.25) is 0 Å². The van der Waals surface area contributed by atoms with E-state index in [-0.39, 0.29) is 5.97 Å². The molecule has 4 nitrogen and oxygen atoms in total. The topological polar surface area (TPSA) is 50.7 Å². The fourth-order valence-corrected chi connectivity index (χ4v) is 1.97. The summed E-state index contributed by atoms with van der Waals surface area (Å²) in [6, 6.07) is 17.3. The lowest BCUT2D eigenvalue weighted by molar-refractivity contribution is 0.0526. The Kier molecular flexibility index (Phi) is 5.72. The number of nitrogens with zero attached hydrogens (tertiary/aromatic N) is 1. The number of carbonyl (C=O) groups is 1. The molecule has 0 atom stereocenters. The van der Waals surface area contributed by atoms with Crippen LogP contribution in [0.5, 0.6) is 0 Å². The lowest BCUT2D eigenvalue weighted by Gasteiger charge is -2.05. The molecule has 0 aliphatic carbocycles. The van der Waals surface area contributed by atoms with E-state index in [1.54, 1.807) is 19.1 Å². The van der Waals surface area contributed by atoms with Crippen molar-refractivity contribution in [2.75, 3.05) is 6.61 Å². The average Bonchev–Trinajstić information content (AvgIpc) is 2.56. The summed E-state index contributed by atoms with van der Waals surface area (Å²) in [5.41, 5.74) is 6.62. The number of nitrogens with one attached hydrogen (secondary N) is 1. The van der Waals surface area contributed by atoms with Crippen molar-refractivity contribution >= 4 is 11.7 Å². The Morgan fingerprint density at radius 1 is 1.05 bits per heavy atom. The zero-order chi connectivity index (χ0) is 15.8. The van der Waals surface area contributed by atoms with Crippen LogP contribution in [0.25, 0.3) is 0 Å². The maximum absolute atomic E-state index is 11.6. The molecule has 114 valence electrons. The van der Waals surface area contributed by atoms with Crippen LogP contribution in [0, 0.1) is 0 Å². The lowest BCUT2D eigenvalue weighted by atomic mass is 10.1. The van der Waals surface area contributed by atoms with Crippen molar-refractivity contribution in [2.24, 2.45) is 5.10 Å². The third-order valence-electron chi connectivity index (χ3n) is 3.19. The minimum Gasteiger partial charge on any atom is -0.462 e. The molecule has 2 aromatic carbocycles. The molecule has 0 amide bonds. The highest BCUT2D eigenvalue weighted by Gasteiger charge is 2.06. The maximum atomic E-state index is 11.6. The molecule has 0 spiro atoms. The smallest absolute Gasteiger partial charge is 0.338 e. The molecule has 0 saturated carbocycles. The van der Waals surface area contributed by atoms with Gasteiger partial charge in [0.05, 0.1) is 24.4 Å². The highest BCUT2D eigenvalue weighted by atomic mass is 16.5. The van der Waals surface area contributed by atoms with Crippen molar-refractivity contribution < 1.29 is 9.53 Å². The highest BCUT2D eigenvalue weighted by Crippen LogP contribution is 2.07. The first-order valence-electron chi connectivity index (χ1n) is 7.29. The molecule has 2 aromatic rings. The lowest BCUT2D eigenvalue weighted by Crippen LogP contribution is -2.09. The molecule has 0 bridgehead atoms. The molecule has 4 heteroatoms. The van der Waals surface area contributed by atoms with Gasteiger partial charge in [0, 0.05) is 0 Å². The number of hydrogen-bond acceptors (Lipinski definition) is 4. The fourth-order valence-electron chi connectivity index (χ4n) is 1.97. The Morgan fingerprint density at radius 3 is 2.32 bits per heavy atom. The van der Waals surface area contributed by atoms with E-state index in [1.165, 1.54) is 5.56 Å². The summed E-state index contributed by atoms with van der Waals surface area (Å²) in [5.74, 6) is -0.300. The second-order valence-electron chi connectivity index (χ2n) is 4.82. The minimum atomic E-state index is -0.300. The van der Waals surface area contributed by atoms with Crippen LogP contribution in [0.4, 0.5) is 0 Å². The van der Waals surface area contributed by atoms with E-state index >= 15 is 0 Å². The first-order valence-corrected chi connectivity index (χ1v) is 7.29. The molecule has 2 rings (SSSR count). The Bertz CT molecular complexity index is 634. The summed E-state index contributed by atoms with van der Waals surface area (Å²) < 4.78 is 4.96. The van der Waals surface area contributed by atoms with E-state index in [9.17, 15) is 4.79 Å². The molecule has 0 saturated heterocycles. The first kappa shape index (κ1) is 15.8. The normalized spacial score (nSPS) is 11.1. The summed E-state index contributed by atoms with van der Waals surface area (Å²) in [7, 11) is 0. The van der Waals surface area contributed by atoms with Gasteiger partial charge in [-0.15, -0.1) is 0 Å². The van der Waals surface area contributed by atoms with Crippen molar-refractivity contribution in [1.29, 1.82) is 0 Å². The van der Waals surface area contributed by atoms with Gasteiger partial charge >= 0.3 is 5.97 Å².